The molecule has 0 fully saturated rings. The molecule has 0 atom stereocenters. The van der Waals surface area contributed by atoms with Gasteiger partial charge in [0.1, 0.15) is 15.4 Å². The Morgan fingerprint density at radius 2 is 1.84 bits per heavy atom. The molecule has 6 nitrogen and oxygen atoms in total. The van der Waals surface area contributed by atoms with Gasteiger partial charge in [-0.2, -0.15) is 4.98 Å². The number of hydrogen-bond acceptors (Lipinski definition) is 7. The highest BCUT2D eigenvalue weighted by Gasteiger charge is 2.16. The second kappa shape index (κ2) is 5.89. The van der Waals surface area contributed by atoms with Crippen molar-refractivity contribution in [1.29, 1.82) is 0 Å². The molecule has 3 aromatic heterocycles. The van der Waals surface area contributed by atoms with Gasteiger partial charge in [0.25, 0.3) is 5.88 Å². The van der Waals surface area contributed by atoms with Crippen LogP contribution in [-0.2, 0) is 0 Å². The molecule has 0 aliphatic rings. The first-order chi connectivity index (χ1) is 12.1. The molecule has 0 unspecified atom stereocenters. The Kier molecular flexibility index (Phi) is 3.69. The predicted molar refractivity (Wildman–Crippen MR) is 93.7 cm³/mol. The Morgan fingerprint density at radius 3 is 2.60 bits per heavy atom. The lowest BCUT2D eigenvalue weighted by molar-refractivity contribution is 0.371. The third-order valence-electron chi connectivity index (χ3n) is 3.71. The number of methoxy groups -OCH3 is 2. The van der Waals surface area contributed by atoms with Crippen molar-refractivity contribution in [3.63, 3.8) is 0 Å². The highest BCUT2D eigenvalue weighted by molar-refractivity contribution is 7.21. The molecule has 4 aromatic rings. The fourth-order valence-corrected chi connectivity index (χ4v) is 3.52. The second-order valence-electron chi connectivity index (χ2n) is 5.42. The van der Waals surface area contributed by atoms with E-state index in [4.69, 9.17) is 9.47 Å². The molecule has 0 amide bonds. The minimum absolute atomic E-state index is 0.0404. The monoisotopic (exact) mass is 356 g/mol. The topological polar surface area (TPSA) is 70.0 Å². The molecule has 0 saturated heterocycles. The molecule has 8 heteroatoms. The zero-order valence-corrected chi connectivity index (χ0v) is 14.5. The summed E-state index contributed by atoms with van der Waals surface area (Å²) in [7, 11) is 2.93. The molecule has 0 radical (unpaired) electrons. The molecule has 1 aromatic carbocycles. The number of benzene rings is 1. The average molecular weight is 356 g/mol. The van der Waals surface area contributed by atoms with Crippen LogP contribution in [0, 0.1) is 12.7 Å². The van der Waals surface area contributed by atoms with Gasteiger partial charge in [0, 0.05) is 11.6 Å². The van der Waals surface area contributed by atoms with E-state index in [1.165, 1.54) is 24.5 Å². The molecule has 0 saturated carbocycles. The first kappa shape index (κ1) is 15.6. The maximum atomic E-state index is 13.9. The van der Waals surface area contributed by atoms with E-state index in [9.17, 15) is 4.39 Å². The van der Waals surface area contributed by atoms with Gasteiger partial charge in [0.2, 0.25) is 5.88 Å². The van der Waals surface area contributed by atoms with Crippen molar-refractivity contribution in [3.8, 4) is 22.3 Å². The van der Waals surface area contributed by atoms with Gasteiger partial charge < -0.3 is 9.47 Å². The molecule has 0 N–H and O–H groups in total. The molecule has 25 heavy (non-hydrogen) atoms. The Labute approximate surface area is 146 Å². The van der Waals surface area contributed by atoms with E-state index in [2.05, 4.69) is 19.9 Å². The van der Waals surface area contributed by atoms with E-state index < -0.39 is 5.82 Å². The van der Waals surface area contributed by atoms with Gasteiger partial charge >= 0.3 is 0 Å². The lowest BCUT2D eigenvalue weighted by Crippen LogP contribution is -1.93. The number of pyridine rings is 1. The third-order valence-corrected chi connectivity index (χ3v) is 4.71. The van der Waals surface area contributed by atoms with Crippen molar-refractivity contribution in [2.75, 3.05) is 14.2 Å². The van der Waals surface area contributed by atoms with E-state index >= 15 is 0 Å². The number of hydrogen-bond donors (Lipinski definition) is 0. The lowest BCUT2D eigenvalue weighted by atomic mass is 10.1. The lowest BCUT2D eigenvalue weighted by Gasteiger charge is -2.06. The standard InChI is InChI=1S/C17H13FN4O2S/c1-8-4-9(14-11(5-8)20-13(23-2)7-19-14)16-21-12-6-10(18)15(24-3)22-17(12)25-16/h4-7H,1-3H3. The number of rotatable bonds is 3. The van der Waals surface area contributed by atoms with Crippen molar-refractivity contribution in [2.45, 2.75) is 6.92 Å². The Bertz CT molecular complexity index is 1110. The maximum Gasteiger partial charge on any atom is 0.251 e. The van der Waals surface area contributed by atoms with Gasteiger partial charge in [0.15, 0.2) is 5.82 Å². The molecular formula is C17H13FN4O2S. The van der Waals surface area contributed by atoms with Crippen molar-refractivity contribution in [2.24, 2.45) is 0 Å². The summed E-state index contributed by atoms with van der Waals surface area (Å²) in [5.41, 5.74) is 3.74. The third kappa shape index (κ3) is 2.64. The number of nitrogens with zero attached hydrogens (tertiary/aromatic N) is 4. The number of aryl methyl sites for hydroxylation is 1. The quantitative estimate of drug-likeness (QED) is 0.557. The number of fused-ring (bicyclic) bond motifs is 2. The van der Waals surface area contributed by atoms with Crippen LogP contribution in [0.25, 0.3) is 32.0 Å². The molecule has 3 heterocycles. The van der Waals surface area contributed by atoms with Crippen molar-refractivity contribution in [3.05, 3.63) is 35.8 Å². The first-order valence-electron chi connectivity index (χ1n) is 7.42. The minimum atomic E-state index is -0.537. The Morgan fingerprint density at radius 1 is 1.00 bits per heavy atom. The van der Waals surface area contributed by atoms with Crippen molar-refractivity contribution >= 4 is 32.7 Å². The van der Waals surface area contributed by atoms with Gasteiger partial charge in [-0.05, 0) is 24.6 Å². The molecule has 0 bridgehead atoms. The summed E-state index contributed by atoms with van der Waals surface area (Å²) in [6.45, 7) is 1.97. The summed E-state index contributed by atoms with van der Waals surface area (Å²) in [6, 6.07) is 5.24. The fraction of sp³-hybridized carbons (Fsp3) is 0.176. The van der Waals surface area contributed by atoms with Crippen LogP contribution in [0.4, 0.5) is 4.39 Å². The fourth-order valence-electron chi connectivity index (χ4n) is 2.59. The Hall–Kier alpha value is -2.87. The maximum absolute atomic E-state index is 13.9. The van der Waals surface area contributed by atoms with Crippen LogP contribution in [0.1, 0.15) is 5.56 Å². The molecule has 126 valence electrons. The smallest absolute Gasteiger partial charge is 0.251 e. The highest BCUT2D eigenvalue weighted by atomic mass is 32.1. The van der Waals surface area contributed by atoms with Crippen LogP contribution < -0.4 is 9.47 Å². The van der Waals surface area contributed by atoms with Crippen LogP contribution in [-0.4, -0.2) is 34.2 Å². The van der Waals surface area contributed by atoms with Crippen LogP contribution >= 0.6 is 11.3 Å². The Balaban J connectivity index is 1.96. The number of aromatic nitrogens is 4. The zero-order chi connectivity index (χ0) is 17.6. The largest absolute Gasteiger partial charge is 0.480 e. The summed E-state index contributed by atoms with van der Waals surface area (Å²) < 4.78 is 24.0. The zero-order valence-electron chi connectivity index (χ0n) is 13.7. The van der Waals surface area contributed by atoms with Gasteiger partial charge in [-0.3, -0.25) is 0 Å². The van der Waals surface area contributed by atoms with E-state index in [-0.39, 0.29) is 5.88 Å². The van der Waals surface area contributed by atoms with Crippen LogP contribution in [0.3, 0.4) is 0 Å². The summed E-state index contributed by atoms with van der Waals surface area (Å²) in [6.07, 6.45) is 1.56. The number of thiazole rings is 1. The summed E-state index contributed by atoms with van der Waals surface area (Å²) in [5, 5.41) is 0.698. The average Bonchev–Trinajstić information content (AvgIpc) is 3.02. The van der Waals surface area contributed by atoms with Gasteiger partial charge in [-0.1, -0.05) is 11.3 Å². The van der Waals surface area contributed by atoms with Crippen molar-refractivity contribution in [1.82, 2.24) is 19.9 Å². The second-order valence-corrected chi connectivity index (χ2v) is 6.39. The van der Waals surface area contributed by atoms with Crippen molar-refractivity contribution < 1.29 is 13.9 Å². The number of ether oxygens (including phenoxy) is 2. The normalized spacial score (nSPS) is 11.2. The molecule has 4 rings (SSSR count). The predicted octanol–water partition coefficient (Wildman–Crippen LogP) is 3.77. The van der Waals surface area contributed by atoms with E-state index in [1.54, 1.807) is 13.3 Å². The van der Waals surface area contributed by atoms with Gasteiger partial charge in [-0.25, -0.2) is 19.3 Å². The summed E-state index contributed by atoms with van der Waals surface area (Å²) in [4.78, 5) is 18.2. The molecule has 0 aliphatic carbocycles. The number of halogens is 1. The SMILES string of the molecule is COc1cnc2c(-c3nc4cc(F)c(OC)nc4s3)cc(C)cc2n1. The molecule has 0 spiro atoms. The highest BCUT2D eigenvalue weighted by Crippen LogP contribution is 2.35. The molecular weight excluding hydrogens is 343 g/mol. The summed E-state index contributed by atoms with van der Waals surface area (Å²) >= 11 is 1.35. The van der Waals surface area contributed by atoms with E-state index in [1.807, 2.05) is 19.1 Å². The van der Waals surface area contributed by atoms with Crippen LogP contribution in [0.15, 0.2) is 24.4 Å². The van der Waals surface area contributed by atoms with E-state index in [0.717, 1.165) is 11.1 Å². The summed E-state index contributed by atoms with van der Waals surface area (Å²) in [5.74, 6) is -0.131. The van der Waals surface area contributed by atoms with Gasteiger partial charge in [0.05, 0.1) is 31.4 Å². The first-order valence-corrected chi connectivity index (χ1v) is 8.23. The van der Waals surface area contributed by atoms with Gasteiger partial charge in [-0.15, -0.1) is 0 Å². The molecule has 0 aliphatic heterocycles. The van der Waals surface area contributed by atoms with Crippen LogP contribution in [0.5, 0.6) is 11.8 Å². The van der Waals surface area contributed by atoms with Crippen LogP contribution in [0.2, 0.25) is 0 Å². The van der Waals surface area contributed by atoms with E-state index in [0.29, 0.717) is 32.3 Å². The minimum Gasteiger partial charge on any atom is -0.480 e.